The van der Waals surface area contributed by atoms with Crippen LogP contribution in [0.5, 0.6) is 0 Å². The molecular formula is C6H12Si2. The van der Waals surface area contributed by atoms with Gasteiger partial charge in [0, 0.05) is 16.6 Å². The first-order valence-corrected chi connectivity index (χ1v) is 8.49. The molecule has 0 nitrogen and oxygen atoms in total. The van der Waals surface area contributed by atoms with E-state index in [1.54, 1.807) is 37.0 Å². The monoisotopic (exact) mass is 140 g/mol. The van der Waals surface area contributed by atoms with Crippen molar-refractivity contribution in [2.75, 3.05) is 0 Å². The van der Waals surface area contributed by atoms with E-state index in [1.807, 2.05) is 0 Å². The first-order valence-electron chi connectivity index (χ1n) is 3.66. The fourth-order valence-corrected chi connectivity index (χ4v) is 10.6. The van der Waals surface area contributed by atoms with E-state index in [-0.39, 0.29) is 0 Å². The molecule has 2 radical (unpaired) electrons. The number of rotatable bonds is 1. The van der Waals surface area contributed by atoms with Gasteiger partial charge in [0.1, 0.15) is 0 Å². The van der Waals surface area contributed by atoms with E-state index in [1.165, 1.54) is 0 Å². The summed E-state index contributed by atoms with van der Waals surface area (Å²) in [5.74, 6) is 0. The molecule has 0 aromatic carbocycles. The van der Waals surface area contributed by atoms with Crippen molar-refractivity contribution in [2.45, 2.75) is 37.0 Å². The van der Waals surface area contributed by atoms with Gasteiger partial charge in [0.25, 0.3) is 0 Å². The molecule has 2 saturated heterocycles. The van der Waals surface area contributed by atoms with Crippen LogP contribution in [0.2, 0.25) is 24.2 Å². The molecule has 2 rings (SSSR count). The SMILES string of the molecule is C1C[Si]([Si]2CCC2)C1. The molecular weight excluding hydrogens is 128 g/mol. The summed E-state index contributed by atoms with van der Waals surface area (Å²) < 4.78 is 0. The van der Waals surface area contributed by atoms with Gasteiger partial charge in [-0.3, -0.25) is 0 Å². The van der Waals surface area contributed by atoms with Crippen molar-refractivity contribution >= 4 is 16.6 Å². The molecule has 0 atom stereocenters. The standard InChI is InChI=1S/C6H12Si2/c1-3-7(4-1)8-5-2-6-8/h1-6H2. The molecule has 2 aliphatic rings. The molecule has 0 saturated carbocycles. The van der Waals surface area contributed by atoms with Gasteiger partial charge in [-0.05, 0) is 0 Å². The second-order valence-electron chi connectivity index (χ2n) is 2.91. The Hall–Kier alpha value is 0.434. The molecule has 2 heterocycles. The minimum Gasteiger partial charge on any atom is -0.0615 e. The second kappa shape index (κ2) is 1.99. The van der Waals surface area contributed by atoms with Crippen LogP contribution >= 0.6 is 0 Å². The molecule has 0 aromatic rings. The topological polar surface area (TPSA) is 0 Å². The molecule has 2 aliphatic heterocycles. The van der Waals surface area contributed by atoms with Gasteiger partial charge in [-0.1, -0.05) is 37.0 Å². The zero-order valence-electron chi connectivity index (χ0n) is 5.24. The summed E-state index contributed by atoms with van der Waals surface area (Å²) in [6.07, 6.45) is 3.20. The molecule has 0 aromatic heterocycles. The van der Waals surface area contributed by atoms with Crippen LogP contribution in [0.3, 0.4) is 0 Å². The number of hydrogen-bond acceptors (Lipinski definition) is 0. The molecule has 0 spiro atoms. The summed E-state index contributed by atoms with van der Waals surface area (Å²) in [6.45, 7) is 0. The molecule has 8 heavy (non-hydrogen) atoms. The second-order valence-corrected chi connectivity index (χ2v) is 11.6. The minimum absolute atomic E-state index is 0.412. The van der Waals surface area contributed by atoms with Gasteiger partial charge < -0.3 is 0 Å². The predicted octanol–water partition coefficient (Wildman–Crippen LogP) is 1.86. The maximum Gasteiger partial charge on any atom is 0.0377 e. The fraction of sp³-hybridized carbons (Fsp3) is 1.00. The summed E-state index contributed by atoms with van der Waals surface area (Å²) in [4.78, 5) is 0. The van der Waals surface area contributed by atoms with E-state index in [0.29, 0.717) is 16.6 Å². The average Bonchev–Trinajstić information content (AvgIpc) is 1.47. The van der Waals surface area contributed by atoms with Crippen LogP contribution in [0.4, 0.5) is 0 Å². The van der Waals surface area contributed by atoms with Crippen molar-refractivity contribution in [3.63, 3.8) is 0 Å². The molecule has 44 valence electrons. The highest BCUT2D eigenvalue weighted by Crippen LogP contribution is 2.32. The zero-order valence-corrected chi connectivity index (χ0v) is 7.24. The summed E-state index contributed by atoms with van der Waals surface area (Å²) in [5.41, 5.74) is 0. The molecule has 2 heteroatoms. The van der Waals surface area contributed by atoms with Crippen molar-refractivity contribution in [1.82, 2.24) is 0 Å². The Kier molecular flexibility index (Phi) is 1.30. The van der Waals surface area contributed by atoms with Gasteiger partial charge in [-0.15, -0.1) is 0 Å². The lowest BCUT2D eigenvalue weighted by Gasteiger charge is -2.36. The lowest BCUT2D eigenvalue weighted by atomic mass is 10.5. The van der Waals surface area contributed by atoms with Gasteiger partial charge >= 0.3 is 0 Å². The van der Waals surface area contributed by atoms with Gasteiger partial charge in [0.15, 0.2) is 0 Å². The molecule has 2 fully saturated rings. The third kappa shape index (κ3) is 0.703. The van der Waals surface area contributed by atoms with Crippen LogP contribution in [0.15, 0.2) is 0 Å². The van der Waals surface area contributed by atoms with Gasteiger partial charge in [0.2, 0.25) is 0 Å². The van der Waals surface area contributed by atoms with Crippen molar-refractivity contribution in [3.05, 3.63) is 0 Å². The van der Waals surface area contributed by atoms with Crippen LogP contribution in [0.25, 0.3) is 0 Å². The van der Waals surface area contributed by atoms with Crippen LogP contribution in [0.1, 0.15) is 12.8 Å². The first-order chi connectivity index (χ1) is 3.97. The van der Waals surface area contributed by atoms with Gasteiger partial charge in [-0.2, -0.15) is 0 Å². The minimum atomic E-state index is 0.412. The van der Waals surface area contributed by atoms with E-state index in [4.69, 9.17) is 0 Å². The van der Waals surface area contributed by atoms with Crippen LogP contribution in [-0.2, 0) is 0 Å². The van der Waals surface area contributed by atoms with Crippen molar-refractivity contribution in [3.8, 4) is 0 Å². The molecule has 0 unspecified atom stereocenters. The maximum atomic E-state index is 1.71. The van der Waals surface area contributed by atoms with Crippen molar-refractivity contribution in [1.29, 1.82) is 0 Å². The van der Waals surface area contributed by atoms with E-state index < -0.39 is 0 Å². The Labute approximate surface area is 54.3 Å². The first kappa shape index (κ1) is 5.24. The van der Waals surface area contributed by atoms with Crippen molar-refractivity contribution < 1.29 is 0 Å². The summed E-state index contributed by atoms with van der Waals surface area (Å²) in [5, 5.41) is 0. The summed E-state index contributed by atoms with van der Waals surface area (Å²) >= 11 is 0. The summed E-state index contributed by atoms with van der Waals surface area (Å²) in [6, 6.07) is 6.83. The fourth-order valence-electron chi connectivity index (χ4n) is 1.41. The molecule has 0 amide bonds. The molecule has 0 bridgehead atoms. The van der Waals surface area contributed by atoms with Gasteiger partial charge in [-0.25, -0.2) is 0 Å². The highest BCUT2D eigenvalue weighted by molar-refractivity contribution is 7.24. The average molecular weight is 140 g/mol. The lowest BCUT2D eigenvalue weighted by molar-refractivity contribution is 0.915. The Bertz CT molecular complexity index is 72.5. The van der Waals surface area contributed by atoms with E-state index in [0.717, 1.165) is 0 Å². The van der Waals surface area contributed by atoms with Gasteiger partial charge in [0.05, 0.1) is 0 Å². The number of hydrogen-bond donors (Lipinski definition) is 0. The zero-order chi connectivity index (χ0) is 5.40. The largest absolute Gasteiger partial charge is 0.0615 e. The third-order valence-corrected chi connectivity index (χ3v) is 13.2. The molecule has 0 aliphatic carbocycles. The predicted molar refractivity (Wildman–Crippen MR) is 40.0 cm³/mol. The Morgan fingerprint density at radius 2 is 1.00 bits per heavy atom. The highest BCUT2D eigenvalue weighted by atomic mass is 29.2. The van der Waals surface area contributed by atoms with E-state index in [2.05, 4.69) is 0 Å². The maximum absolute atomic E-state index is 1.71. The van der Waals surface area contributed by atoms with E-state index >= 15 is 0 Å². The Balaban J connectivity index is 1.79. The highest BCUT2D eigenvalue weighted by Gasteiger charge is 2.33. The third-order valence-electron chi connectivity index (χ3n) is 2.41. The van der Waals surface area contributed by atoms with Crippen LogP contribution in [0, 0.1) is 0 Å². The normalized spacial score (nSPS) is 31.5. The Morgan fingerprint density at radius 1 is 0.625 bits per heavy atom. The van der Waals surface area contributed by atoms with Crippen molar-refractivity contribution in [2.24, 2.45) is 0 Å². The quantitative estimate of drug-likeness (QED) is 0.488. The lowest BCUT2D eigenvalue weighted by Crippen LogP contribution is -2.44. The van der Waals surface area contributed by atoms with E-state index in [9.17, 15) is 0 Å². The smallest absolute Gasteiger partial charge is 0.0377 e. The molecule has 0 N–H and O–H groups in total. The Morgan fingerprint density at radius 3 is 1.12 bits per heavy atom. The summed E-state index contributed by atoms with van der Waals surface area (Å²) in [7, 11) is 0.823. The van der Waals surface area contributed by atoms with Crippen LogP contribution < -0.4 is 0 Å². The van der Waals surface area contributed by atoms with Crippen LogP contribution in [-0.4, -0.2) is 16.6 Å².